The summed E-state index contributed by atoms with van der Waals surface area (Å²) in [4.78, 5) is 9.73. The summed E-state index contributed by atoms with van der Waals surface area (Å²) in [6.45, 7) is 5.07. The van der Waals surface area contributed by atoms with Crippen LogP contribution in [0.15, 0.2) is 6.20 Å². The highest BCUT2D eigenvalue weighted by Gasteiger charge is 2.11. The zero-order valence-electron chi connectivity index (χ0n) is 10.3. The van der Waals surface area contributed by atoms with E-state index in [1.165, 1.54) is 6.20 Å². The Morgan fingerprint density at radius 1 is 1.50 bits per heavy atom. The van der Waals surface area contributed by atoms with Gasteiger partial charge in [0.1, 0.15) is 0 Å². The van der Waals surface area contributed by atoms with E-state index < -0.39 is 0 Å². The lowest BCUT2D eigenvalue weighted by Crippen LogP contribution is -2.22. The van der Waals surface area contributed by atoms with E-state index in [1.807, 2.05) is 11.9 Å². The van der Waals surface area contributed by atoms with Crippen molar-refractivity contribution in [1.82, 2.24) is 9.97 Å². The van der Waals surface area contributed by atoms with E-state index in [1.54, 1.807) is 7.05 Å². The minimum Gasteiger partial charge on any atom is -0.357 e. The van der Waals surface area contributed by atoms with Gasteiger partial charge < -0.3 is 10.2 Å². The smallest absolute Gasteiger partial charge is 0.224 e. The molecule has 90 valence electrons. The number of rotatable bonds is 5. The van der Waals surface area contributed by atoms with Crippen LogP contribution in [0, 0.1) is 11.7 Å². The lowest BCUT2D eigenvalue weighted by molar-refractivity contribution is 0.568. The predicted octanol–water partition coefficient (Wildman–Crippen LogP) is 2.14. The van der Waals surface area contributed by atoms with Crippen molar-refractivity contribution in [2.45, 2.75) is 20.3 Å². The molecule has 4 nitrogen and oxygen atoms in total. The molecule has 1 aromatic rings. The quantitative estimate of drug-likeness (QED) is 0.835. The van der Waals surface area contributed by atoms with E-state index in [0.29, 0.717) is 17.7 Å². The van der Waals surface area contributed by atoms with E-state index in [0.717, 1.165) is 13.0 Å². The van der Waals surface area contributed by atoms with Crippen LogP contribution in [-0.2, 0) is 0 Å². The first kappa shape index (κ1) is 12.7. The molecule has 0 atom stereocenters. The standard InChI is InChI=1S/C11H19FN4/c1-8(2)5-6-16(4)10-9(12)7-14-11(13-3)15-10/h7-8H,5-6H2,1-4H3,(H,13,14,15). The summed E-state index contributed by atoms with van der Waals surface area (Å²) in [5.41, 5.74) is 0. The van der Waals surface area contributed by atoms with Crippen LogP contribution in [0.4, 0.5) is 16.2 Å². The second-order valence-corrected chi connectivity index (χ2v) is 4.22. The van der Waals surface area contributed by atoms with Crippen molar-refractivity contribution in [3.05, 3.63) is 12.0 Å². The molecule has 0 aromatic carbocycles. The van der Waals surface area contributed by atoms with Gasteiger partial charge in [0.25, 0.3) is 0 Å². The molecule has 1 rings (SSSR count). The van der Waals surface area contributed by atoms with Gasteiger partial charge >= 0.3 is 0 Å². The molecule has 0 spiro atoms. The maximum absolute atomic E-state index is 13.5. The summed E-state index contributed by atoms with van der Waals surface area (Å²) in [5.74, 6) is 0.995. The molecule has 16 heavy (non-hydrogen) atoms. The van der Waals surface area contributed by atoms with E-state index >= 15 is 0 Å². The van der Waals surface area contributed by atoms with Gasteiger partial charge in [0.05, 0.1) is 6.20 Å². The van der Waals surface area contributed by atoms with Gasteiger partial charge in [-0.05, 0) is 12.3 Å². The zero-order valence-corrected chi connectivity index (χ0v) is 10.3. The van der Waals surface area contributed by atoms with E-state index in [2.05, 4.69) is 29.1 Å². The first-order valence-corrected chi connectivity index (χ1v) is 5.46. The third-order valence-corrected chi connectivity index (χ3v) is 2.35. The molecule has 0 aliphatic heterocycles. The second-order valence-electron chi connectivity index (χ2n) is 4.22. The van der Waals surface area contributed by atoms with Crippen LogP contribution in [0.2, 0.25) is 0 Å². The van der Waals surface area contributed by atoms with Gasteiger partial charge in [-0.15, -0.1) is 0 Å². The molecule has 0 saturated heterocycles. The SMILES string of the molecule is CNc1ncc(F)c(N(C)CCC(C)C)n1. The van der Waals surface area contributed by atoms with Crippen LogP contribution >= 0.6 is 0 Å². The molecule has 0 radical (unpaired) electrons. The van der Waals surface area contributed by atoms with Crippen molar-refractivity contribution in [1.29, 1.82) is 0 Å². The Morgan fingerprint density at radius 3 is 2.75 bits per heavy atom. The molecule has 1 N–H and O–H groups in total. The lowest BCUT2D eigenvalue weighted by Gasteiger charge is -2.19. The maximum Gasteiger partial charge on any atom is 0.224 e. The Balaban J connectivity index is 2.76. The minimum absolute atomic E-state index is 0.347. The normalized spacial score (nSPS) is 10.6. The topological polar surface area (TPSA) is 41.1 Å². The molecule has 0 aliphatic carbocycles. The van der Waals surface area contributed by atoms with Gasteiger partial charge in [-0.1, -0.05) is 13.8 Å². The Morgan fingerprint density at radius 2 is 2.19 bits per heavy atom. The Hall–Kier alpha value is -1.39. The fraction of sp³-hybridized carbons (Fsp3) is 0.636. The van der Waals surface area contributed by atoms with Crippen LogP contribution < -0.4 is 10.2 Å². The molecule has 1 aromatic heterocycles. The van der Waals surface area contributed by atoms with Crippen molar-refractivity contribution in [2.24, 2.45) is 5.92 Å². The molecule has 0 fully saturated rings. The van der Waals surface area contributed by atoms with E-state index in [9.17, 15) is 4.39 Å². The Bertz CT molecular complexity index is 341. The zero-order chi connectivity index (χ0) is 12.1. The number of aromatic nitrogens is 2. The second kappa shape index (κ2) is 5.63. The van der Waals surface area contributed by atoms with Crippen LogP contribution in [0.5, 0.6) is 0 Å². The van der Waals surface area contributed by atoms with Crippen LogP contribution in [-0.4, -0.2) is 30.6 Å². The van der Waals surface area contributed by atoms with Gasteiger partial charge in [0.15, 0.2) is 11.6 Å². The van der Waals surface area contributed by atoms with Gasteiger partial charge in [-0.25, -0.2) is 9.37 Å². The number of nitrogens with zero attached hydrogens (tertiary/aromatic N) is 3. The molecule has 1 heterocycles. The predicted molar refractivity (Wildman–Crippen MR) is 64.3 cm³/mol. The van der Waals surface area contributed by atoms with Gasteiger partial charge in [-0.2, -0.15) is 4.98 Å². The number of halogens is 1. The first-order valence-electron chi connectivity index (χ1n) is 5.46. The van der Waals surface area contributed by atoms with Crippen molar-refractivity contribution in [2.75, 3.05) is 30.9 Å². The highest BCUT2D eigenvalue weighted by atomic mass is 19.1. The molecular formula is C11H19FN4. The lowest BCUT2D eigenvalue weighted by atomic mass is 10.1. The third-order valence-electron chi connectivity index (χ3n) is 2.35. The van der Waals surface area contributed by atoms with E-state index in [-0.39, 0.29) is 5.82 Å². The first-order chi connectivity index (χ1) is 7.54. The highest BCUT2D eigenvalue weighted by Crippen LogP contribution is 2.16. The molecule has 0 aliphatic rings. The summed E-state index contributed by atoms with van der Waals surface area (Å²) in [6.07, 6.45) is 2.20. The number of nitrogens with one attached hydrogen (secondary N) is 1. The molecule has 0 amide bonds. The van der Waals surface area contributed by atoms with Gasteiger partial charge in [0.2, 0.25) is 5.95 Å². The molecule has 0 bridgehead atoms. The summed E-state index contributed by atoms with van der Waals surface area (Å²) in [5, 5.41) is 2.80. The Labute approximate surface area is 95.9 Å². The van der Waals surface area contributed by atoms with Crippen molar-refractivity contribution < 1.29 is 4.39 Å². The third kappa shape index (κ3) is 3.32. The molecule has 0 unspecified atom stereocenters. The average molecular weight is 226 g/mol. The van der Waals surface area contributed by atoms with Crippen LogP contribution in [0.3, 0.4) is 0 Å². The summed E-state index contributed by atoms with van der Waals surface area (Å²) < 4.78 is 13.5. The fourth-order valence-corrected chi connectivity index (χ4v) is 1.30. The molecule has 5 heteroatoms. The van der Waals surface area contributed by atoms with Gasteiger partial charge in [-0.3, -0.25) is 0 Å². The van der Waals surface area contributed by atoms with Crippen LogP contribution in [0.1, 0.15) is 20.3 Å². The summed E-state index contributed by atoms with van der Waals surface area (Å²) >= 11 is 0. The fourth-order valence-electron chi connectivity index (χ4n) is 1.30. The Kier molecular flexibility index (Phi) is 4.46. The van der Waals surface area contributed by atoms with Crippen molar-refractivity contribution in [3.63, 3.8) is 0 Å². The molecular weight excluding hydrogens is 207 g/mol. The molecule has 0 saturated carbocycles. The van der Waals surface area contributed by atoms with Crippen molar-refractivity contribution in [3.8, 4) is 0 Å². The minimum atomic E-state index is -0.384. The summed E-state index contributed by atoms with van der Waals surface area (Å²) in [6, 6.07) is 0. The monoisotopic (exact) mass is 226 g/mol. The summed E-state index contributed by atoms with van der Waals surface area (Å²) in [7, 11) is 3.55. The number of hydrogen-bond donors (Lipinski definition) is 1. The maximum atomic E-state index is 13.5. The number of hydrogen-bond acceptors (Lipinski definition) is 4. The average Bonchev–Trinajstić information content (AvgIpc) is 2.26. The number of anilines is 2. The van der Waals surface area contributed by atoms with E-state index in [4.69, 9.17) is 0 Å². The van der Waals surface area contributed by atoms with Gasteiger partial charge in [0, 0.05) is 20.6 Å². The van der Waals surface area contributed by atoms with Crippen LogP contribution in [0.25, 0.3) is 0 Å². The highest BCUT2D eigenvalue weighted by molar-refractivity contribution is 5.42. The largest absolute Gasteiger partial charge is 0.357 e. The van der Waals surface area contributed by atoms with Crippen molar-refractivity contribution >= 4 is 11.8 Å².